The van der Waals surface area contributed by atoms with Crippen molar-refractivity contribution in [3.63, 3.8) is 0 Å². The highest BCUT2D eigenvalue weighted by atomic mass is 32.1. The molecular weight excluding hydrogens is 260 g/mol. The van der Waals surface area contributed by atoms with E-state index in [1.807, 2.05) is 18.7 Å². The van der Waals surface area contributed by atoms with Crippen LogP contribution in [0.15, 0.2) is 11.6 Å². The van der Waals surface area contributed by atoms with E-state index in [0.717, 1.165) is 35.1 Å². The minimum atomic E-state index is 0.00829. The van der Waals surface area contributed by atoms with Gasteiger partial charge < -0.3 is 10.1 Å². The van der Waals surface area contributed by atoms with Gasteiger partial charge in [0.1, 0.15) is 5.69 Å². The molecule has 0 aliphatic heterocycles. The zero-order chi connectivity index (χ0) is 13.8. The van der Waals surface area contributed by atoms with Crippen LogP contribution in [-0.2, 0) is 6.54 Å². The minimum absolute atomic E-state index is 0.00829. The van der Waals surface area contributed by atoms with E-state index in [-0.39, 0.29) is 6.04 Å². The highest BCUT2D eigenvalue weighted by Crippen LogP contribution is 2.30. The van der Waals surface area contributed by atoms with Crippen molar-refractivity contribution in [2.45, 2.75) is 32.9 Å². The highest BCUT2D eigenvalue weighted by molar-refractivity contribution is 7.09. The number of hydrogen-bond acceptors (Lipinski definition) is 5. The van der Waals surface area contributed by atoms with Crippen molar-refractivity contribution in [2.75, 3.05) is 14.2 Å². The van der Waals surface area contributed by atoms with Gasteiger partial charge in [0.15, 0.2) is 5.75 Å². The van der Waals surface area contributed by atoms with Crippen LogP contribution in [0.3, 0.4) is 0 Å². The van der Waals surface area contributed by atoms with Gasteiger partial charge in [-0.3, -0.25) is 4.68 Å². The van der Waals surface area contributed by atoms with Gasteiger partial charge in [-0.15, -0.1) is 11.3 Å². The van der Waals surface area contributed by atoms with Gasteiger partial charge in [-0.2, -0.15) is 5.10 Å². The van der Waals surface area contributed by atoms with Crippen LogP contribution in [0.25, 0.3) is 0 Å². The molecule has 1 unspecified atom stereocenters. The van der Waals surface area contributed by atoms with Crippen molar-refractivity contribution in [1.82, 2.24) is 20.1 Å². The number of ether oxygens (including phenoxy) is 1. The SMILES string of the molecule is CCCn1ncc(OC)c1C(NC)c1csc(C)n1. The largest absolute Gasteiger partial charge is 0.493 e. The lowest BCUT2D eigenvalue weighted by atomic mass is 10.1. The van der Waals surface area contributed by atoms with Gasteiger partial charge >= 0.3 is 0 Å². The molecule has 0 saturated heterocycles. The molecule has 0 aliphatic carbocycles. The number of aromatic nitrogens is 3. The summed E-state index contributed by atoms with van der Waals surface area (Å²) in [5, 5.41) is 10.9. The topological polar surface area (TPSA) is 52.0 Å². The summed E-state index contributed by atoms with van der Waals surface area (Å²) in [7, 11) is 3.61. The van der Waals surface area contributed by atoms with Gasteiger partial charge in [0, 0.05) is 11.9 Å². The molecular formula is C13H20N4OS. The number of methoxy groups -OCH3 is 1. The van der Waals surface area contributed by atoms with Crippen molar-refractivity contribution >= 4 is 11.3 Å². The first kappa shape index (κ1) is 14.0. The fourth-order valence-electron chi connectivity index (χ4n) is 2.15. The Labute approximate surface area is 117 Å². The quantitative estimate of drug-likeness (QED) is 0.882. The molecule has 1 atom stereocenters. The Hall–Kier alpha value is -1.40. The Balaban J connectivity index is 2.44. The van der Waals surface area contributed by atoms with E-state index in [4.69, 9.17) is 4.74 Å². The maximum absolute atomic E-state index is 5.44. The molecule has 0 spiro atoms. The predicted octanol–water partition coefficient (Wildman–Crippen LogP) is 2.38. The van der Waals surface area contributed by atoms with Crippen LogP contribution >= 0.6 is 11.3 Å². The van der Waals surface area contributed by atoms with Gasteiger partial charge in [-0.1, -0.05) is 6.92 Å². The van der Waals surface area contributed by atoms with Crippen molar-refractivity contribution in [3.8, 4) is 5.75 Å². The molecule has 5 nitrogen and oxygen atoms in total. The first-order chi connectivity index (χ1) is 9.21. The molecule has 0 bridgehead atoms. The molecule has 104 valence electrons. The van der Waals surface area contributed by atoms with Crippen molar-refractivity contribution in [1.29, 1.82) is 0 Å². The molecule has 19 heavy (non-hydrogen) atoms. The highest BCUT2D eigenvalue weighted by Gasteiger charge is 2.23. The summed E-state index contributed by atoms with van der Waals surface area (Å²) in [6, 6.07) is 0.00829. The molecule has 0 aromatic carbocycles. The second-order valence-electron chi connectivity index (χ2n) is 4.33. The molecule has 0 fully saturated rings. The van der Waals surface area contributed by atoms with Crippen LogP contribution in [0.2, 0.25) is 0 Å². The van der Waals surface area contributed by atoms with Gasteiger partial charge in [0.05, 0.1) is 30.1 Å². The summed E-state index contributed by atoms with van der Waals surface area (Å²) in [6.07, 6.45) is 2.80. The van der Waals surface area contributed by atoms with Crippen LogP contribution < -0.4 is 10.1 Å². The lowest BCUT2D eigenvalue weighted by molar-refractivity contribution is 0.399. The third-order valence-electron chi connectivity index (χ3n) is 2.99. The molecule has 0 aliphatic rings. The molecule has 0 saturated carbocycles. The summed E-state index contributed by atoms with van der Waals surface area (Å²) in [5.41, 5.74) is 2.05. The zero-order valence-electron chi connectivity index (χ0n) is 11.8. The third kappa shape index (κ3) is 2.79. The van der Waals surface area contributed by atoms with E-state index in [1.165, 1.54) is 0 Å². The zero-order valence-corrected chi connectivity index (χ0v) is 12.6. The first-order valence-electron chi connectivity index (χ1n) is 6.40. The van der Waals surface area contributed by atoms with E-state index in [9.17, 15) is 0 Å². The average molecular weight is 280 g/mol. The number of aryl methyl sites for hydroxylation is 2. The lowest BCUT2D eigenvalue weighted by Crippen LogP contribution is -2.22. The molecule has 0 amide bonds. The lowest BCUT2D eigenvalue weighted by Gasteiger charge is -2.17. The predicted molar refractivity (Wildman–Crippen MR) is 76.8 cm³/mol. The fraction of sp³-hybridized carbons (Fsp3) is 0.538. The summed E-state index contributed by atoms with van der Waals surface area (Å²) in [6.45, 7) is 5.03. The number of nitrogens with one attached hydrogen (secondary N) is 1. The van der Waals surface area contributed by atoms with Gasteiger partial charge in [0.2, 0.25) is 0 Å². The second-order valence-corrected chi connectivity index (χ2v) is 5.40. The summed E-state index contributed by atoms with van der Waals surface area (Å²) in [4.78, 5) is 4.57. The molecule has 1 N–H and O–H groups in total. The number of rotatable bonds is 6. The Morgan fingerprint density at radius 1 is 1.53 bits per heavy atom. The van der Waals surface area contributed by atoms with E-state index in [1.54, 1.807) is 24.6 Å². The van der Waals surface area contributed by atoms with E-state index in [0.29, 0.717) is 0 Å². The van der Waals surface area contributed by atoms with Crippen LogP contribution in [0.1, 0.15) is 35.8 Å². The van der Waals surface area contributed by atoms with E-state index in [2.05, 4.69) is 27.7 Å². The third-order valence-corrected chi connectivity index (χ3v) is 3.79. The monoisotopic (exact) mass is 280 g/mol. The van der Waals surface area contributed by atoms with E-state index < -0.39 is 0 Å². The molecule has 2 aromatic rings. The molecule has 0 radical (unpaired) electrons. The first-order valence-corrected chi connectivity index (χ1v) is 7.28. The second kappa shape index (κ2) is 6.16. The molecule has 2 rings (SSSR count). The smallest absolute Gasteiger partial charge is 0.161 e. The maximum atomic E-state index is 5.44. The summed E-state index contributed by atoms with van der Waals surface area (Å²) in [5.74, 6) is 0.804. The number of thiazole rings is 1. The Kier molecular flexibility index (Phi) is 4.55. The standard InChI is InChI=1S/C13H20N4OS/c1-5-6-17-13(11(18-4)7-15-17)12(14-3)10-8-19-9(2)16-10/h7-8,12,14H,5-6H2,1-4H3. The number of hydrogen-bond donors (Lipinski definition) is 1. The van der Waals surface area contributed by atoms with Crippen molar-refractivity contribution in [2.24, 2.45) is 0 Å². The maximum Gasteiger partial charge on any atom is 0.161 e. The van der Waals surface area contributed by atoms with Crippen LogP contribution in [-0.4, -0.2) is 28.9 Å². The fourth-order valence-corrected chi connectivity index (χ4v) is 2.79. The normalized spacial score (nSPS) is 12.6. The minimum Gasteiger partial charge on any atom is -0.493 e. The Bertz CT molecular complexity index is 534. The van der Waals surface area contributed by atoms with Crippen LogP contribution in [0.5, 0.6) is 5.75 Å². The Morgan fingerprint density at radius 2 is 2.32 bits per heavy atom. The van der Waals surface area contributed by atoms with Crippen LogP contribution in [0, 0.1) is 6.92 Å². The van der Waals surface area contributed by atoms with Crippen molar-refractivity contribution < 1.29 is 4.74 Å². The van der Waals surface area contributed by atoms with Gasteiger partial charge in [-0.25, -0.2) is 4.98 Å². The average Bonchev–Trinajstić information content (AvgIpc) is 2.99. The Morgan fingerprint density at radius 3 is 2.84 bits per heavy atom. The van der Waals surface area contributed by atoms with Crippen molar-refractivity contribution in [3.05, 3.63) is 28.0 Å². The summed E-state index contributed by atoms with van der Waals surface area (Å²) >= 11 is 1.66. The molecule has 6 heteroatoms. The summed E-state index contributed by atoms with van der Waals surface area (Å²) < 4.78 is 7.43. The van der Waals surface area contributed by atoms with Crippen LogP contribution in [0.4, 0.5) is 0 Å². The van der Waals surface area contributed by atoms with E-state index >= 15 is 0 Å². The molecule has 2 aromatic heterocycles. The van der Waals surface area contributed by atoms with Gasteiger partial charge in [-0.05, 0) is 20.4 Å². The molecule has 2 heterocycles. The van der Waals surface area contributed by atoms with Gasteiger partial charge in [0.25, 0.3) is 0 Å². The number of nitrogens with zero attached hydrogens (tertiary/aromatic N) is 3.